The van der Waals surface area contributed by atoms with Crippen LogP contribution in [-0.4, -0.2) is 0 Å². The predicted molar refractivity (Wildman–Crippen MR) is 90.2 cm³/mol. The van der Waals surface area contributed by atoms with Crippen LogP contribution in [0, 0.1) is 0 Å². The summed E-state index contributed by atoms with van der Waals surface area (Å²) in [6, 6.07) is 17.3. The predicted octanol–water partition coefficient (Wildman–Crippen LogP) is 5.91. The molecule has 0 unspecified atom stereocenters. The van der Waals surface area contributed by atoms with Crippen LogP contribution in [0.3, 0.4) is 0 Å². The smallest absolute Gasteiger partial charge is 0.0601 e. The normalized spacial score (nSPS) is 17.0. The molecule has 0 saturated heterocycles. The standard InChI is InChI=1S/C19H17NS/c1-13-11-12-14(2)19(13)20-15-7-3-5-9-17(15)21-18-10-6-4-8-16(18)20/h3-10H,1,11-12H2,2H3. The number of allylic oxidation sites excluding steroid dienone is 2. The average Bonchev–Trinajstić information content (AvgIpc) is 2.84. The first-order chi connectivity index (χ1) is 10.3. The first-order valence-electron chi connectivity index (χ1n) is 7.29. The molecule has 0 saturated carbocycles. The molecule has 0 amide bonds. The van der Waals surface area contributed by atoms with Crippen molar-refractivity contribution in [1.82, 2.24) is 0 Å². The minimum absolute atomic E-state index is 1.08. The van der Waals surface area contributed by atoms with Crippen molar-refractivity contribution >= 4 is 23.1 Å². The Kier molecular flexibility index (Phi) is 2.93. The molecule has 21 heavy (non-hydrogen) atoms. The molecule has 0 aromatic heterocycles. The van der Waals surface area contributed by atoms with Crippen LogP contribution < -0.4 is 4.90 Å². The van der Waals surface area contributed by atoms with Crippen molar-refractivity contribution in [2.75, 3.05) is 4.90 Å². The van der Waals surface area contributed by atoms with Gasteiger partial charge in [0.05, 0.1) is 11.4 Å². The molecule has 2 aliphatic rings. The Morgan fingerprint density at radius 2 is 1.48 bits per heavy atom. The van der Waals surface area contributed by atoms with Crippen LogP contribution in [0.4, 0.5) is 11.4 Å². The summed E-state index contributed by atoms with van der Waals surface area (Å²) in [7, 11) is 0. The lowest BCUT2D eigenvalue weighted by atomic mass is 10.1. The van der Waals surface area contributed by atoms with E-state index in [1.807, 2.05) is 11.8 Å². The third kappa shape index (κ3) is 1.94. The third-order valence-corrected chi connectivity index (χ3v) is 5.33. The average molecular weight is 291 g/mol. The van der Waals surface area contributed by atoms with Gasteiger partial charge in [0.25, 0.3) is 0 Å². The fourth-order valence-electron chi connectivity index (χ4n) is 3.17. The molecule has 2 heteroatoms. The van der Waals surface area contributed by atoms with Crippen LogP contribution >= 0.6 is 11.8 Å². The number of anilines is 2. The SMILES string of the molecule is C=C1CCC(C)=C1N1c2ccccc2Sc2ccccc21. The topological polar surface area (TPSA) is 3.24 Å². The van der Waals surface area contributed by atoms with Gasteiger partial charge in [-0.15, -0.1) is 0 Å². The van der Waals surface area contributed by atoms with E-state index in [2.05, 4.69) is 66.9 Å². The Morgan fingerprint density at radius 3 is 2.00 bits per heavy atom. The summed E-state index contributed by atoms with van der Waals surface area (Å²) in [4.78, 5) is 5.04. The van der Waals surface area contributed by atoms with Gasteiger partial charge in [-0.3, -0.25) is 0 Å². The first-order valence-corrected chi connectivity index (χ1v) is 8.11. The number of rotatable bonds is 1. The zero-order valence-corrected chi connectivity index (χ0v) is 12.9. The van der Waals surface area contributed by atoms with Crippen LogP contribution in [-0.2, 0) is 0 Å². The van der Waals surface area contributed by atoms with Gasteiger partial charge in [-0.25, -0.2) is 0 Å². The maximum absolute atomic E-state index is 4.30. The molecule has 1 aliphatic heterocycles. The second-order valence-electron chi connectivity index (χ2n) is 5.61. The fraction of sp³-hybridized carbons (Fsp3) is 0.158. The van der Waals surface area contributed by atoms with Gasteiger partial charge in [0.15, 0.2) is 0 Å². The molecule has 1 nitrogen and oxygen atoms in total. The molecule has 0 radical (unpaired) electrons. The lowest BCUT2D eigenvalue weighted by molar-refractivity contribution is 1.01. The molecule has 0 fully saturated rings. The number of benzene rings is 2. The maximum Gasteiger partial charge on any atom is 0.0601 e. The highest BCUT2D eigenvalue weighted by atomic mass is 32.2. The van der Waals surface area contributed by atoms with E-state index in [-0.39, 0.29) is 0 Å². The molecule has 0 N–H and O–H groups in total. The van der Waals surface area contributed by atoms with E-state index in [1.54, 1.807) is 0 Å². The largest absolute Gasteiger partial charge is 0.308 e. The summed E-state index contributed by atoms with van der Waals surface area (Å²) in [5.41, 5.74) is 6.56. The summed E-state index contributed by atoms with van der Waals surface area (Å²) in [5, 5.41) is 0. The summed E-state index contributed by atoms with van der Waals surface area (Å²) in [6.07, 6.45) is 2.21. The van der Waals surface area contributed by atoms with Gasteiger partial charge in [-0.2, -0.15) is 0 Å². The summed E-state index contributed by atoms with van der Waals surface area (Å²) in [6.45, 7) is 6.54. The molecular formula is C19H17NS. The second-order valence-corrected chi connectivity index (χ2v) is 6.69. The summed E-state index contributed by atoms with van der Waals surface area (Å²) < 4.78 is 0. The highest BCUT2D eigenvalue weighted by Gasteiger charge is 2.29. The van der Waals surface area contributed by atoms with Gasteiger partial charge < -0.3 is 4.90 Å². The Labute approximate surface area is 130 Å². The Hall–Kier alpha value is -1.93. The lowest BCUT2D eigenvalue weighted by Gasteiger charge is -2.34. The minimum atomic E-state index is 1.08. The van der Waals surface area contributed by atoms with Crippen molar-refractivity contribution < 1.29 is 0 Å². The molecule has 1 heterocycles. The van der Waals surface area contributed by atoms with Crippen molar-refractivity contribution in [3.63, 3.8) is 0 Å². The van der Waals surface area contributed by atoms with Gasteiger partial charge in [0.1, 0.15) is 0 Å². The molecule has 2 aromatic carbocycles. The minimum Gasteiger partial charge on any atom is -0.308 e. The van der Waals surface area contributed by atoms with E-state index in [0.29, 0.717) is 0 Å². The van der Waals surface area contributed by atoms with E-state index in [9.17, 15) is 0 Å². The van der Waals surface area contributed by atoms with Crippen molar-refractivity contribution in [2.45, 2.75) is 29.6 Å². The molecule has 104 valence electrons. The van der Waals surface area contributed by atoms with Crippen molar-refractivity contribution in [2.24, 2.45) is 0 Å². The van der Waals surface area contributed by atoms with Gasteiger partial charge in [-0.05, 0) is 55.2 Å². The van der Waals surface area contributed by atoms with E-state index < -0.39 is 0 Å². The van der Waals surface area contributed by atoms with Gasteiger partial charge in [-0.1, -0.05) is 42.6 Å². The highest BCUT2D eigenvalue weighted by molar-refractivity contribution is 7.99. The molecule has 0 atom stereocenters. The number of nitrogens with zero attached hydrogens (tertiary/aromatic N) is 1. The third-order valence-electron chi connectivity index (χ3n) is 4.20. The van der Waals surface area contributed by atoms with Gasteiger partial charge >= 0.3 is 0 Å². The van der Waals surface area contributed by atoms with Crippen LogP contribution in [0.2, 0.25) is 0 Å². The molecule has 0 bridgehead atoms. The van der Waals surface area contributed by atoms with Crippen molar-refractivity contribution in [3.8, 4) is 0 Å². The summed E-state index contributed by atoms with van der Waals surface area (Å²) in [5.74, 6) is 0. The number of hydrogen-bond acceptors (Lipinski definition) is 2. The molecule has 4 rings (SSSR count). The van der Waals surface area contributed by atoms with E-state index in [1.165, 1.54) is 38.0 Å². The second kappa shape index (κ2) is 4.81. The van der Waals surface area contributed by atoms with E-state index in [0.717, 1.165) is 12.8 Å². The van der Waals surface area contributed by atoms with E-state index >= 15 is 0 Å². The number of fused-ring (bicyclic) bond motifs is 2. The number of para-hydroxylation sites is 2. The summed E-state index contributed by atoms with van der Waals surface area (Å²) >= 11 is 1.85. The molecule has 2 aromatic rings. The quantitative estimate of drug-likeness (QED) is 0.642. The molecular weight excluding hydrogens is 274 g/mol. The lowest BCUT2D eigenvalue weighted by Crippen LogP contribution is -2.20. The van der Waals surface area contributed by atoms with E-state index in [4.69, 9.17) is 0 Å². The van der Waals surface area contributed by atoms with Crippen molar-refractivity contribution in [3.05, 3.63) is 72.0 Å². The van der Waals surface area contributed by atoms with Crippen LogP contribution in [0.15, 0.2) is 81.7 Å². The monoisotopic (exact) mass is 291 g/mol. The highest BCUT2D eigenvalue weighted by Crippen LogP contribution is 2.52. The Morgan fingerprint density at radius 1 is 0.905 bits per heavy atom. The molecule has 0 spiro atoms. The maximum atomic E-state index is 4.30. The van der Waals surface area contributed by atoms with Crippen LogP contribution in [0.5, 0.6) is 0 Å². The van der Waals surface area contributed by atoms with Gasteiger partial charge in [0.2, 0.25) is 0 Å². The Balaban J connectivity index is 1.98. The Bertz CT molecular complexity index is 727. The first kappa shape index (κ1) is 12.8. The number of hydrogen-bond donors (Lipinski definition) is 0. The van der Waals surface area contributed by atoms with Gasteiger partial charge in [0, 0.05) is 15.5 Å². The van der Waals surface area contributed by atoms with Crippen LogP contribution in [0.1, 0.15) is 19.8 Å². The molecule has 1 aliphatic carbocycles. The zero-order chi connectivity index (χ0) is 14.4. The van der Waals surface area contributed by atoms with Crippen LogP contribution in [0.25, 0.3) is 0 Å². The fourth-order valence-corrected chi connectivity index (χ4v) is 4.23. The zero-order valence-electron chi connectivity index (χ0n) is 12.1. The van der Waals surface area contributed by atoms with Crippen molar-refractivity contribution in [1.29, 1.82) is 0 Å².